The molecule has 0 bridgehead atoms. The lowest BCUT2D eigenvalue weighted by Crippen LogP contribution is -2.20. The molecule has 1 N–H and O–H groups in total. The van der Waals surface area contributed by atoms with E-state index in [0.717, 1.165) is 30.0 Å². The zero-order valence-electron chi connectivity index (χ0n) is 16.0. The van der Waals surface area contributed by atoms with Crippen LogP contribution in [0.4, 0.5) is 0 Å². The fourth-order valence-electron chi connectivity index (χ4n) is 3.15. The molecule has 0 fully saturated rings. The van der Waals surface area contributed by atoms with Gasteiger partial charge in [-0.1, -0.05) is 59.8 Å². The van der Waals surface area contributed by atoms with Crippen molar-refractivity contribution in [2.75, 3.05) is 20.2 Å². The minimum Gasteiger partial charge on any atom is -0.443 e. The predicted molar refractivity (Wildman–Crippen MR) is 108 cm³/mol. The lowest BCUT2D eigenvalue weighted by Gasteiger charge is -2.16. The van der Waals surface area contributed by atoms with E-state index in [4.69, 9.17) is 9.52 Å². The van der Waals surface area contributed by atoms with E-state index in [9.17, 15) is 4.91 Å². The van der Waals surface area contributed by atoms with E-state index in [1.54, 1.807) is 6.20 Å². The molecule has 0 spiro atoms. The fraction of sp³-hybridized carbons (Fsp3) is 0.318. The number of likely N-dealkylation sites (N-methyl/N-ethyl adjacent to an activating group) is 1. The van der Waals surface area contributed by atoms with E-state index >= 15 is 0 Å². The maximum absolute atomic E-state index is 11.3. The summed E-state index contributed by atoms with van der Waals surface area (Å²) in [6, 6.07) is 16.8. The molecule has 0 amide bonds. The number of aliphatic hydroxyl groups excluding tert-OH is 1. The third-order valence-corrected chi connectivity index (χ3v) is 4.61. The predicted octanol–water partition coefficient (Wildman–Crippen LogP) is 3.74. The summed E-state index contributed by atoms with van der Waals surface area (Å²) in [4.78, 5) is 17.7. The third-order valence-electron chi connectivity index (χ3n) is 4.61. The van der Waals surface area contributed by atoms with Crippen molar-refractivity contribution in [3.8, 4) is 0 Å². The standard InChI is InChI=1S/C22H25N3O3/c1-25(16-18-7-5-6-17(14-18)11-13-26)12-10-20-15-23-22(28-20)21(24-27)19-8-3-2-4-9-19/h2-9,14-15,21,26H,10-13,16H2,1H3. The number of hydrogen-bond acceptors (Lipinski definition) is 6. The molecule has 28 heavy (non-hydrogen) atoms. The average molecular weight is 379 g/mol. The molecule has 2 aromatic carbocycles. The molecule has 0 radical (unpaired) electrons. The summed E-state index contributed by atoms with van der Waals surface area (Å²) in [6.07, 6.45) is 3.04. The molecule has 6 nitrogen and oxygen atoms in total. The summed E-state index contributed by atoms with van der Waals surface area (Å²) in [5.41, 5.74) is 3.12. The molecule has 1 atom stereocenters. The number of oxazole rings is 1. The van der Waals surface area contributed by atoms with E-state index in [-0.39, 0.29) is 6.61 Å². The van der Waals surface area contributed by atoms with Crippen molar-refractivity contribution < 1.29 is 9.52 Å². The maximum Gasteiger partial charge on any atom is 0.227 e. The number of hydrogen-bond donors (Lipinski definition) is 1. The maximum atomic E-state index is 11.3. The van der Waals surface area contributed by atoms with Crippen LogP contribution < -0.4 is 0 Å². The Morgan fingerprint density at radius 1 is 1.11 bits per heavy atom. The van der Waals surface area contributed by atoms with Gasteiger partial charge in [0, 0.05) is 26.1 Å². The molecular weight excluding hydrogens is 354 g/mol. The first-order chi connectivity index (χ1) is 13.7. The molecule has 0 saturated carbocycles. The second-order valence-corrected chi connectivity index (χ2v) is 6.86. The summed E-state index contributed by atoms with van der Waals surface area (Å²) in [7, 11) is 2.05. The van der Waals surface area contributed by atoms with Crippen molar-refractivity contribution in [3.63, 3.8) is 0 Å². The van der Waals surface area contributed by atoms with E-state index < -0.39 is 6.04 Å². The summed E-state index contributed by atoms with van der Waals surface area (Å²) in [5, 5.41) is 12.3. The number of nitroso groups, excluding NO2 is 1. The minimum atomic E-state index is -0.720. The second-order valence-electron chi connectivity index (χ2n) is 6.86. The first-order valence-corrected chi connectivity index (χ1v) is 9.39. The first-order valence-electron chi connectivity index (χ1n) is 9.39. The zero-order chi connectivity index (χ0) is 19.8. The molecule has 1 unspecified atom stereocenters. The number of rotatable bonds is 10. The molecule has 0 aliphatic heterocycles. The molecule has 3 rings (SSSR count). The zero-order valence-corrected chi connectivity index (χ0v) is 16.0. The Hall–Kier alpha value is -2.83. The molecule has 1 heterocycles. The Morgan fingerprint density at radius 3 is 2.64 bits per heavy atom. The van der Waals surface area contributed by atoms with Crippen LogP contribution in [-0.2, 0) is 19.4 Å². The Bertz CT molecular complexity index is 879. The van der Waals surface area contributed by atoms with Gasteiger partial charge >= 0.3 is 0 Å². The number of nitrogens with zero attached hydrogens (tertiary/aromatic N) is 3. The monoisotopic (exact) mass is 379 g/mol. The van der Waals surface area contributed by atoms with Crippen LogP contribution in [0.2, 0.25) is 0 Å². The smallest absolute Gasteiger partial charge is 0.227 e. The highest BCUT2D eigenvalue weighted by Crippen LogP contribution is 2.25. The number of benzene rings is 2. The largest absolute Gasteiger partial charge is 0.443 e. The molecule has 0 aliphatic rings. The van der Waals surface area contributed by atoms with Crippen LogP contribution in [0.3, 0.4) is 0 Å². The Labute approximate surface area is 164 Å². The second kappa shape index (κ2) is 9.92. The number of aliphatic hydroxyl groups is 1. The van der Waals surface area contributed by atoms with E-state index in [1.807, 2.05) is 42.5 Å². The van der Waals surface area contributed by atoms with Gasteiger partial charge in [0.1, 0.15) is 5.76 Å². The summed E-state index contributed by atoms with van der Waals surface area (Å²) in [5.74, 6) is 1.07. The third kappa shape index (κ3) is 5.34. The normalized spacial score (nSPS) is 12.2. The Kier molecular flexibility index (Phi) is 7.06. The van der Waals surface area contributed by atoms with Crippen molar-refractivity contribution in [3.05, 3.63) is 94.0 Å². The van der Waals surface area contributed by atoms with Crippen LogP contribution in [0.1, 0.15) is 34.4 Å². The van der Waals surface area contributed by atoms with E-state index in [2.05, 4.69) is 34.2 Å². The Morgan fingerprint density at radius 2 is 1.89 bits per heavy atom. The van der Waals surface area contributed by atoms with Crippen molar-refractivity contribution >= 4 is 0 Å². The highest BCUT2D eigenvalue weighted by Gasteiger charge is 2.20. The van der Waals surface area contributed by atoms with Crippen molar-refractivity contribution in [1.82, 2.24) is 9.88 Å². The fourth-order valence-corrected chi connectivity index (χ4v) is 3.15. The van der Waals surface area contributed by atoms with Crippen LogP contribution in [0.5, 0.6) is 0 Å². The van der Waals surface area contributed by atoms with Gasteiger partial charge in [0.05, 0.1) is 6.20 Å². The molecular formula is C22H25N3O3. The lowest BCUT2D eigenvalue weighted by molar-refractivity contribution is 0.299. The molecule has 0 saturated heterocycles. The van der Waals surface area contributed by atoms with Gasteiger partial charge in [0.15, 0.2) is 6.04 Å². The molecule has 1 aromatic heterocycles. The van der Waals surface area contributed by atoms with Crippen LogP contribution >= 0.6 is 0 Å². The van der Waals surface area contributed by atoms with Gasteiger partial charge in [-0.2, -0.15) is 0 Å². The van der Waals surface area contributed by atoms with Gasteiger partial charge in [0.2, 0.25) is 5.89 Å². The van der Waals surface area contributed by atoms with Crippen molar-refractivity contribution in [2.24, 2.45) is 5.18 Å². The van der Waals surface area contributed by atoms with Crippen LogP contribution in [0, 0.1) is 4.91 Å². The quantitative estimate of drug-likeness (QED) is 0.543. The highest BCUT2D eigenvalue weighted by atomic mass is 16.4. The molecule has 0 aliphatic carbocycles. The van der Waals surface area contributed by atoms with Crippen molar-refractivity contribution in [2.45, 2.75) is 25.4 Å². The van der Waals surface area contributed by atoms with E-state index in [0.29, 0.717) is 18.7 Å². The van der Waals surface area contributed by atoms with Crippen LogP contribution in [0.25, 0.3) is 0 Å². The first kappa shape index (κ1) is 19.9. The Balaban J connectivity index is 1.56. The van der Waals surface area contributed by atoms with Gasteiger partial charge in [-0.25, -0.2) is 4.98 Å². The highest BCUT2D eigenvalue weighted by molar-refractivity contribution is 5.25. The summed E-state index contributed by atoms with van der Waals surface area (Å²) < 4.78 is 5.78. The number of aromatic nitrogens is 1. The molecule has 3 aromatic rings. The lowest BCUT2D eigenvalue weighted by atomic mass is 10.1. The topological polar surface area (TPSA) is 78.9 Å². The van der Waals surface area contributed by atoms with Crippen LogP contribution in [-0.4, -0.2) is 35.2 Å². The van der Waals surface area contributed by atoms with E-state index in [1.165, 1.54) is 5.56 Å². The summed E-state index contributed by atoms with van der Waals surface area (Å²) in [6.45, 7) is 1.76. The van der Waals surface area contributed by atoms with Crippen LogP contribution in [0.15, 0.2) is 70.4 Å². The SMILES string of the molecule is CN(CCc1cnc(C(N=O)c2ccccc2)o1)Cc1cccc(CCO)c1. The summed E-state index contributed by atoms with van der Waals surface area (Å²) >= 11 is 0. The molecule has 146 valence electrons. The molecule has 6 heteroatoms. The minimum absolute atomic E-state index is 0.159. The average Bonchev–Trinajstić information content (AvgIpc) is 3.17. The van der Waals surface area contributed by atoms with Gasteiger partial charge in [-0.05, 0) is 30.2 Å². The van der Waals surface area contributed by atoms with Crippen molar-refractivity contribution in [1.29, 1.82) is 0 Å². The van der Waals surface area contributed by atoms with Gasteiger partial charge in [-0.15, -0.1) is 4.91 Å². The van der Waals surface area contributed by atoms with Gasteiger partial charge in [-0.3, -0.25) is 0 Å². The van der Waals surface area contributed by atoms with Gasteiger partial charge < -0.3 is 14.4 Å². The van der Waals surface area contributed by atoms with Gasteiger partial charge in [0.25, 0.3) is 0 Å².